The lowest BCUT2D eigenvalue weighted by atomic mass is 10.0. The van der Waals surface area contributed by atoms with Gasteiger partial charge in [0.25, 0.3) is 0 Å². The first-order valence-corrected chi connectivity index (χ1v) is 18.2. The van der Waals surface area contributed by atoms with E-state index >= 15 is 0 Å². The van der Waals surface area contributed by atoms with Crippen LogP contribution in [0.2, 0.25) is 0 Å². The van der Waals surface area contributed by atoms with Crippen LogP contribution in [-0.2, 0) is 0 Å². The first-order valence-electron chi connectivity index (χ1n) is 15.5. The van der Waals surface area contributed by atoms with Crippen LogP contribution in [0, 0.1) is 0 Å². The average Bonchev–Trinajstić information content (AvgIpc) is 3.14. The van der Waals surface area contributed by atoms with Gasteiger partial charge in [-0.3, -0.25) is 0 Å². The third kappa shape index (κ3) is 6.12. The molecule has 6 aromatic carbocycles. The summed E-state index contributed by atoms with van der Waals surface area (Å²) in [5, 5.41) is 7.43. The summed E-state index contributed by atoms with van der Waals surface area (Å²) in [6, 6.07) is 51.9. The molecule has 47 heavy (non-hydrogen) atoms. The van der Waals surface area contributed by atoms with Crippen molar-refractivity contribution in [2.75, 3.05) is 26.4 Å². The molecule has 0 saturated carbocycles. The second-order valence-corrected chi connectivity index (χ2v) is 15.4. The van der Waals surface area contributed by atoms with Crippen molar-refractivity contribution >= 4 is 61.2 Å². The maximum absolute atomic E-state index is 6.60. The molecule has 0 radical (unpaired) electrons. The van der Waals surface area contributed by atoms with Crippen LogP contribution in [0.5, 0.6) is 23.0 Å². The number of hydrogen-bond donors (Lipinski definition) is 0. The minimum Gasteiger partial charge on any atom is -0.486 e. The molecule has 0 atom stereocenters. The van der Waals surface area contributed by atoms with Crippen molar-refractivity contribution in [2.45, 2.75) is 0 Å². The summed E-state index contributed by atoms with van der Waals surface area (Å²) < 4.78 is 25.7. The van der Waals surface area contributed by atoms with Crippen molar-refractivity contribution in [2.24, 2.45) is 0 Å². The molecule has 234 valence electrons. The molecular formula is C40H34O4P2S. The molecule has 2 aliphatic rings. The van der Waals surface area contributed by atoms with Crippen molar-refractivity contribution in [3.63, 3.8) is 0 Å². The van der Waals surface area contributed by atoms with E-state index in [1.165, 1.54) is 31.8 Å². The van der Waals surface area contributed by atoms with Crippen LogP contribution in [-0.4, -0.2) is 26.4 Å². The lowest BCUT2D eigenvalue weighted by Gasteiger charge is -2.32. The third-order valence-corrected chi connectivity index (χ3v) is 13.1. The fourth-order valence-corrected chi connectivity index (χ4v) is 11.1. The molecule has 2 aliphatic heterocycles. The molecule has 8 rings (SSSR count). The normalized spacial score (nSPS) is 13.2. The summed E-state index contributed by atoms with van der Waals surface area (Å²) in [7, 11) is -1.97. The summed E-state index contributed by atoms with van der Waals surface area (Å²) in [6.45, 7) is 1.98. The second kappa shape index (κ2) is 14.2. The van der Waals surface area contributed by atoms with Gasteiger partial charge in [-0.1, -0.05) is 121 Å². The van der Waals surface area contributed by atoms with E-state index in [2.05, 4.69) is 146 Å². The Morgan fingerprint density at radius 1 is 0.340 bits per heavy atom. The van der Waals surface area contributed by atoms with Gasteiger partial charge in [-0.05, 0) is 71.9 Å². The summed E-state index contributed by atoms with van der Waals surface area (Å²) >= 11 is 0. The molecule has 4 nitrogen and oxygen atoms in total. The molecule has 0 bridgehead atoms. The van der Waals surface area contributed by atoms with Crippen molar-refractivity contribution in [3.8, 4) is 34.1 Å². The van der Waals surface area contributed by atoms with Gasteiger partial charge >= 0.3 is 0 Å². The Morgan fingerprint density at radius 2 is 0.638 bits per heavy atom. The molecular weight excluding hydrogens is 638 g/mol. The summed E-state index contributed by atoms with van der Waals surface area (Å²) in [4.78, 5) is 0. The van der Waals surface area contributed by atoms with E-state index in [0.717, 1.165) is 34.1 Å². The maximum Gasteiger partial charge on any atom is 0.169 e. The van der Waals surface area contributed by atoms with Gasteiger partial charge in [-0.15, -0.1) is 0 Å². The molecule has 0 aromatic heterocycles. The molecule has 0 amide bonds. The molecule has 6 aromatic rings. The SMILES string of the molecule is S.c1ccc(P(c2ccccc2)c2ccc3c(c2-c2c(P(c4ccccc4)c4ccccc4)ccc4c2OCCO4)OCCO3)cc1. The first kappa shape index (κ1) is 31.3. The zero-order valence-corrected chi connectivity index (χ0v) is 28.5. The van der Waals surface area contributed by atoms with Crippen molar-refractivity contribution in [1.29, 1.82) is 0 Å². The molecule has 0 saturated heterocycles. The van der Waals surface area contributed by atoms with E-state index in [1.807, 2.05) is 0 Å². The van der Waals surface area contributed by atoms with Gasteiger partial charge in [-0.2, -0.15) is 13.5 Å². The Morgan fingerprint density at radius 3 is 0.957 bits per heavy atom. The van der Waals surface area contributed by atoms with E-state index in [9.17, 15) is 0 Å². The minimum absolute atomic E-state index is 0. The van der Waals surface area contributed by atoms with Gasteiger partial charge in [0.1, 0.15) is 26.4 Å². The molecule has 7 heteroatoms. The third-order valence-electron chi connectivity index (χ3n) is 8.16. The number of fused-ring (bicyclic) bond motifs is 2. The zero-order chi connectivity index (χ0) is 30.7. The van der Waals surface area contributed by atoms with Crippen LogP contribution in [0.15, 0.2) is 146 Å². The second-order valence-electron chi connectivity index (χ2n) is 11.0. The Labute approximate surface area is 285 Å². The lowest BCUT2D eigenvalue weighted by Crippen LogP contribution is -2.29. The Hall–Kier alpha value is -4.27. The highest BCUT2D eigenvalue weighted by molar-refractivity contribution is 7.80. The molecule has 0 spiro atoms. The first-order chi connectivity index (χ1) is 22.9. The number of rotatable bonds is 7. The summed E-state index contributed by atoms with van der Waals surface area (Å²) in [5.41, 5.74) is 2.04. The van der Waals surface area contributed by atoms with Crippen LogP contribution in [0.1, 0.15) is 0 Å². The van der Waals surface area contributed by atoms with Crippen LogP contribution < -0.4 is 50.8 Å². The molecule has 0 unspecified atom stereocenters. The van der Waals surface area contributed by atoms with Crippen molar-refractivity contribution in [3.05, 3.63) is 146 Å². The van der Waals surface area contributed by atoms with Gasteiger partial charge < -0.3 is 18.9 Å². The Kier molecular flexibility index (Phi) is 9.49. The largest absolute Gasteiger partial charge is 0.486 e. The number of benzene rings is 6. The Balaban J connectivity index is 0.00000351. The average molecular weight is 673 g/mol. The maximum atomic E-state index is 6.60. The van der Waals surface area contributed by atoms with E-state index < -0.39 is 15.8 Å². The predicted molar refractivity (Wildman–Crippen MR) is 202 cm³/mol. The molecule has 0 N–H and O–H groups in total. The van der Waals surface area contributed by atoms with Crippen LogP contribution in [0.25, 0.3) is 11.1 Å². The van der Waals surface area contributed by atoms with Crippen molar-refractivity contribution < 1.29 is 18.9 Å². The highest BCUT2D eigenvalue weighted by Crippen LogP contribution is 2.52. The molecule has 0 fully saturated rings. The monoisotopic (exact) mass is 672 g/mol. The van der Waals surface area contributed by atoms with Crippen LogP contribution in [0.4, 0.5) is 0 Å². The van der Waals surface area contributed by atoms with Gasteiger partial charge in [0, 0.05) is 11.1 Å². The van der Waals surface area contributed by atoms with Gasteiger partial charge in [0.05, 0.1) is 0 Å². The van der Waals surface area contributed by atoms with E-state index in [1.54, 1.807) is 0 Å². The topological polar surface area (TPSA) is 36.9 Å². The van der Waals surface area contributed by atoms with E-state index in [4.69, 9.17) is 18.9 Å². The highest BCUT2D eigenvalue weighted by atomic mass is 32.1. The van der Waals surface area contributed by atoms with Crippen LogP contribution in [0.3, 0.4) is 0 Å². The van der Waals surface area contributed by atoms with E-state index in [0.29, 0.717) is 26.4 Å². The highest BCUT2D eigenvalue weighted by Gasteiger charge is 2.34. The fraction of sp³-hybridized carbons (Fsp3) is 0.100. The van der Waals surface area contributed by atoms with Gasteiger partial charge in [0.2, 0.25) is 0 Å². The molecule has 2 heterocycles. The minimum atomic E-state index is -0.984. The number of ether oxygens (including phenoxy) is 4. The van der Waals surface area contributed by atoms with E-state index in [-0.39, 0.29) is 13.5 Å². The smallest absolute Gasteiger partial charge is 0.169 e. The van der Waals surface area contributed by atoms with Crippen LogP contribution >= 0.6 is 29.3 Å². The standard InChI is InChI=1S/C40H32O4P2.H2S/c1-5-13-29(14-6-1)45(30-15-7-2-8-16-30)35-23-21-33-39(43-27-25-41-33)37(35)38-36(24-22-34-40(38)44-28-26-42-34)46(31-17-9-3-10-18-31)32-19-11-4-12-20-32;/h1-24H,25-28H2;1H2. The summed E-state index contributed by atoms with van der Waals surface area (Å²) in [5.74, 6) is 3.04. The number of hydrogen-bond acceptors (Lipinski definition) is 4. The predicted octanol–water partition coefficient (Wildman–Crippen LogP) is 6.53. The van der Waals surface area contributed by atoms with Gasteiger partial charge in [-0.25, -0.2) is 0 Å². The summed E-state index contributed by atoms with van der Waals surface area (Å²) in [6.07, 6.45) is 0. The molecule has 0 aliphatic carbocycles. The quantitative estimate of drug-likeness (QED) is 0.181. The lowest BCUT2D eigenvalue weighted by molar-refractivity contribution is 0.170. The van der Waals surface area contributed by atoms with Gasteiger partial charge in [0.15, 0.2) is 23.0 Å². The van der Waals surface area contributed by atoms with Crippen molar-refractivity contribution in [1.82, 2.24) is 0 Å². The fourth-order valence-electron chi connectivity index (χ4n) is 6.23. The zero-order valence-electron chi connectivity index (χ0n) is 25.7. The Bertz CT molecular complexity index is 1730.